The molecule has 2 rings (SSSR count). The molecule has 5 nitrogen and oxygen atoms in total. The van der Waals surface area contributed by atoms with Crippen LogP contribution < -0.4 is 0 Å². The number of carboxylic acids is 1. The topological polar surface area (TPSA) is 60.9 Å². The molecule has 0 aromatic heterocycles. The predicted octanol–water partition coefficient (Wildman–Crippen LogP) is 2.17. The maximum atomic E-state index is 12.5. The number of carboxylic acid groups (broad SMARTS) is 1. The molecule has 1 unspecified atom stereocenters. The molecule has 0 spiro atoms. The Labute approximate surface area is 114 Å². The molecule has 0 aromatic rings. The summed E-state index contributed by atoms with van der Waals surface area (Å²) < 4.78 is 0. The number of piperidine rings is 1. The van der Waals surface area contributed by atoms with Gasteiger partial charge in [0.1, 0.15) is 5.54 Å². The molecule has 0 radical (unpaired) electrons. The highest BCUT2D eigenvalue weighted by Crippen LogP contribution is 2.31. The molecule has 2 amide bonds. The van der Waals surface area contributed by atoms with Gasteiger partial charge in [0.15, 0.2) is 0 Å². The lowest BCUT2D eigenvalue weighted by molar-refractivity contribution is -0.150. The van der Waals surface area contributed by atoms with Crippen molar-refractivity contribution in [2.75, 3.05) is 20.1 Å². The van der Waals surface area contributed by atoms with Crippen LogP contribution in [0.2, 0.25) is 0 Å². The molecule has 5 heteroatoms. The van der Waals surface area contributed by atoms with Crippen LogP contribution in [0.4, 0.5) is 4.79 Å². The van der Waals surface area contributed by atoms with Crippen molar-refractivity contribution in [3.8, 4) is 0 Å². The zero-order chi connectivity index (χ0) is 14.0. The van der Waals surface area contributed by atoms with E-state index in [2.05, 4.69) is 0 Å². The fourth-order valence-corrected chi connectivity index (χ4v) is 3.00. The van der Waals surface area contributed by atoms with Crippen molar-refractivity contribution < 1.29 is 14.7 Å². The number of carbonyl (C=O) groups excluding carboxylic acids is 1. The molecular weight excluding hydrogens is 244 g/mol. The van der Waals surface area contributed by atoms with E-state index in [0.717, 1.165) is 19.4 Å². The van der Waals surface area contributed by atoms with Gasteiger partial charge in [-0.05, 0) is 44.9 Å². The van der Waals surface area contributed by atoms with Gasteiger partial charge < -0.3 is 14.9 Å². The van der Waals surface area contributed by atoms with Gasteiger partial charge in [0.2, 0.25) is 0 Å². The Hall–Kier alpha value is -1.26. The Morgan fingerprint density at radius 3 is 2.53 bits per heavy atom. The second-order valence-corrected chi connectivity index (χ2v) is 6.15. The minimum Gasteiger partial charge on any atom is -0.480 e. The Morgan fingerprint density at radius 2 is 2.00 bits per heavy atom. The van der Waals surface area contributed by atoms with E-state index in [1.54, 1.807) is 23.8 Å². The average molecular weight is 268 g/mol. The monoisotopic (exact) mass is 268 g/mol. The molecule has 0 bridgehead atoms. The minimum absolute atomic E-state index is 0.128. The third-order valence-corrected chi connectivity index (χ3v) is 4.67. The quantitative estimate of drug-likeness (QED) is 0.853. The molecule has 1 heterocycles. The Kier molecular flexibility index (Phi) is 4.02. The lowest BCUT2D eigenvalue weighted by atomic mass is 9.85. The molecular formula is C14H24N2O3. The summed E-state index contributed by atoms with van der Waals surface area (Å²) in [6.45, 7) is 2.98. The molecule has 1 aliphatic heterocycles. The van der Waals surface area contributed by atoms with Crippen LogP contribution in [0.15, 0.2) is 0 Å². The first kappa shape index (κ1) is 14.2. The summed E-state index contributed by atoms with van der Waals surface area (Å²) in [5, 5.41) is 9.43. The van der Waals surface area contributed by atoms with Gasteiger partial charge in [-0.3, -0.25) is 0 Å². The lowest BCUT2D eigenvalue weighted by Crippen LogP contribution is -2.60. The summed E-state index contributed by atoms with van der Waals surface area (Å²) in [6, 6.07) is -0.128. The van der Waals surface area contributed by atoms with Crippen LogP contribution in [0.25, 0.3) is 0 Å². The van der Waals surface area contributed by atoms with E-state index in [4.69, 9.17) is 0 Å². The molecule has 19 heavy (non-hydrogen) atoms. The first-order chi connectivity index (χ1) is 8.95. The zero-order valence-corrected chi connectivity index (χ0v) is 11.9. The van der Waals surface area contributed by atoms with E-state index in [-0.39, 0.29) is 6.03 Å². The largest absolute Gasteiger partial charge is 0.480 e. The molecule has 0 aromatic carbocycles. The van der Waals surface area contributed by atoms with Crippen LogP contribution in [0.3, 0.4) is 0 Å². The lowest BCUT2D eigenvalue weighted by Gasteiger charge is -2.44. The van der Waals surface area contributed by atoms with E-state index >= 15 is 0 Å². The number of hydrogen-bond acceptors (Lipinski definition) is 2. The van der Waals surface area contributed by atoms with Gasteiger partial charge in [-0.25, -0.2) is 9.59 Å². The zero-order valence-electron chi connectivity index (χ0n) is 11.9. The first-order valence-corrected chi connectivity index (χ1v) is 7.21. The third-order valence-electron chi connectivity index (χ3n) is 4.67. The fourth-order valence-electron chi connectivity index (χ4n) is 3.00. The summed E-state index contributed by atoms with van der Waals surface area (Å²) in [6.07, 6.45) is 5.95. The van der Waals surface area contributed by atoms with E-state index < -0.39 is 11.5 Å². The highest BCUT2D eigenvalue weighted by molar-refractivity contribution is 5.86. The first-order valence-electron chi connectivity index (χ1n) is 7.21. The number of carbonyl (C=O) groups is 2. The number of urea groups is 1. The van der Waals surface area contributed by atoms with Crippen molar-refractivity contribution in [3.63, 3.8) is 0 Å². The Balaban J connectivity index is 2.04. The van der Waals surface area contributed by atoms with E-state index in [1.807, 2.05) is 0 Å². The number of rotatable bonds is 3. The molecule has 108 valence electrons. The molecule has 1 N–H and O–H groups in total. The second-order valence-electron chi connectivity index (χ2n) is 6.15. The maximum Gasteiger partial charge on any atom is 0.329 e. The van der Waals surface area contributed by atoms with Gasteiger partial charge >= 0.3 is 12.0 Å². The second kappa shape index (κ2) is 5.39. The SMILES string of the molecule is CN(CC1CCC1)C(=O)N1CCCCC1(C)C(=O)O. The third kappa shape index (κ3) is 2.69. The van der Waals surface area contributed by atoms with Gasteiger partial charge in [-0.1, -0.05) is 6.42 Å². The van der Waals surface area contributed by atoms with Crippen LogP contribution in [-0.2, 0) is 4.79 Å². The van der Waals surface area contributed by atoms with E-state index in [0.29, 0.717) is 18.9 Å². The Bertz CT molecular complexity index is 368. The van der Waals surface area contributed by atoms with Gasteiger partial charge in [0.05, 0.1) is 0 Å². The van der Waals surface area contributed by atoms with Crippen LogP contribution in [-0.4, -0.2) is 52.6 Å². The van der Waals surface area contributed by atoms with Gasteiger partial charge in [0, 0.05) is 20.1 Å². The van der Waals surface area contributed by atoms with Crippen molar-refractivity contribution in [1.82, 2.24) is 9.80 Å². The smallest absolute Gasteiger partial charge is 0.329 e. The van der Waals surface area contributed by atoms with Gasteiger partial charge in [0.25, 0.3) is 0 Å². The highest BCUT2D eigenvalue weighted by atomic mass is 16.4. The van der Waals surface area contributed by atoms with Crippen LogP contribution in [0.5, 0.6) is 0 Å². The number of aliphatic carboxylic acids is 1. The molecule has 2 aliphatic rings. The van der Waals surface area contributed by atoms with Crippen molar-refractivity contribution in [3.05, 3.63) is 0 Å². The van der Waals surface area contributed by atoms with Crippen molar-refractivity contribution in [1.29, 1.82) is 0 Å². The summed E-state index contributed by atoms with van der Waals surface area (Å²) >= 11 is 0. The summed E-state index contributed by atoms with van der Waals surface area (Å²) in [5.41, 5.74) is -1.04. The highest BCUT2D eigenvalue weighted by Gasteiger charge is 2.45. The average Bonchev–Trinajstić information content (AvgIpc) is 2.33. The van der Waals surface area contributed by atoms with Crippen LogP contribution in [0, 0.1) is 5.92 Å². The number of amides is 2. The van der Waals surface area contributed by atoms with E-state index in [1.165, 1.54) is 19.3 Å². The van der Waals surface area contributed by atoms with Crippen molar-refractivity contribution in [2.24, 2.45) is 5.92 Å². The molecule has 1 aliphatic carbocycles. The number of likely N-dealkylation sites (tertiary alicyclic amines) is 1. The van der Waals surface area contributed by atoms with Gasteiger partial charge in [-0.2, -0.15) is 0 Å². The number of nitrogens with zero attached hydrogens (tertiary/aromatic N) is 2. The number of hydrogen-bond donors (Lipinski definition) is 1. The van der Waals surface area contributed by atoms with Crippen molar-refractivity contribution >= 4 is 12.0 Å². The summed E-state index contributed by atoms with van der Waals surface area (Å²) in [7, 11) is 1.79. The van der Waals surface area contributed by atoms with Crippen LogP contribution >= 0.6 is 0 Å². The predicted molar refractivity (Wildman–Crippen MR) is 72.0 cm³/mol. The standard InChI is InChI=1S/C14H24N2O3/c1-14(12(17)18)8-3-4-9-16(14)13(19)15(2)10-11-6-5-7-11/h11H,3-10H2,1-2H3,(H,17,18). The summed E-state index contributed by atoms with van der Waals surface area (Å²) in [5.74, 6) is -0.285. The fraction of sp³-hybridized carbons (Fsp3) is 0.857. The Morgan fingerprint density at radius 1 is 1.32 bits per heavy atom. The molecule has 1 atom stereocenters. The molecule has 2 fully saturated rings. The maximum absolute atomic E-state index is 12.5. The van der Waals surface area contributed by atoms with Crippen molar-refractivity contribution in [2.45, 2.75) is 51.0 Å². The molecule has 1 saturated carbocycles. The summed E-state index contributed by atoms with van der Waals surface area (Å²) in [4.78, 5) is 27.2. The van der Waals surface area contributed by atoms with Crippen LogP contribution in [0.1, 0.15) is 45.4 Å². The normalized spacial score (nSPS) is 27.8. The minimum atomic E-state index is -1.04. The van der Waals surface area contributed by atoms with Gasteiger partial charge in [-0.15, -0.1) is 0 Å². The molecule has 1 saturated heterocycles. The van der Waals surface area contributed by atoms with E-state index in [9.17, 15) is 14.7 Å².